The van der Waals surface area contributed by atoms with E-state index in [1.807, 2.05) is 29.0 Å². The van der Waals surface area contributed by atoms with Gasteiger partial charge >= 0.3 is 5.97 Å². The van der Waals surface area contributed by atoms with Crippen LogP contribution in [0.4, 0.5) is 0 Å². The highest BCUT2D eigenvalue weighted by Crippen LogP contribution is 2.33. The van der Waals surface area contributed by atoms with Gasteiger partial charge in [-0.2, -0.15) is 0 Å². The minimum Gasteiger partial charge on any atom is -0.478 e. The number of H-pyrrole nitrogens is 1. The predicted molar refractivity (Wildman–Crippen MR) is 99.8 cm³/mol. The van der Waals surface area contributed by atoms with Crippen molar-refractivity contribution in [3.63, 3.8) is 0 Å². The molecule has 0 aliphatic heterocycles. The van der Waals surface area contributed by atoms with Crippen molar-refractivity contribution >= 4 is 38.9 Å². The Morgan fingerprint density at radius 3 is 2.84 bits per heavy atom. The maximum absolute atomic E-state index is 12.6. The summed E-state index contributed by atoms with van der Waals surface area (Å²) in [6, 6.07) is 10.6. The first-order chi connectivity index (χ1) is 12.1. The van der Waals surface area contributed by atoms with Crippen LogP contribution in [0.5, 0.6) is 0 Å². The Bertz CT molecular complexity index is 1130. The second-order valence-electron chi connectivity index (χ2n) is 5.50. The lowest BCUT2D eigenvalue weighted by atomic mass is 10.1. The van der Waals surface area contributed by atoms with Crippen LogP contribution >= 0.6 is 22.7 Å². The van der Waals surface area contributed by atoms with E-state index in [4.69, 9.17) is 5.11 Å². The maximum atomic E-state index is 12.6. The van der Waals surface area contributed by atoms with Gasteiger partial charge in [0.1, 0.15) is 10.7 Å². The first-order valence-electron chi connectivity index (χ1n) is 7.48. The third-order valence-corrected chi connectivity index (χ3v) is 5.60. The zero-order valence-corrected chi connectivity index (χ0v) is 14.5. The molecule has 3 heterocycles. The standard InChI is InChI=1S/C18H12N2O3S2/c21-16-15-12(13-5-2-6-24-13)9-25-17(15)20-14(19-16)8-10-3-1-4-11(7-10)18(22)23/h1-7,9H,8H2,(H,22,23)(H,19,20,21). The summed E-state index contributed by atoms with van der Waals surface area (Å²) < 4.78 is 0. The molecule has 25 heavy (non-hydrogen) atoms. The highest BCUT2D eigenvalue weighted by atomic mass is 32.1. The number of hydrogen-bond acceptors (Lipinski definition) is 5. The van der Waals surface area contributed by atoms with Gasteiger partial charge < -0.3 is 10.1 Å². The van der Waals surface area contributed by atoms with Crippen LogP contribution in [0.3, 0.4) is 0 Å². The first kappa shape index (κ1) is 15.7. The monoisotopic (exact) mass is 368 g/mol. The van der Waals surface area contributed by atoms with Gasteiger partial charge in [-0.05, 0) is 29.1 Å². The molecule has 0 aliphatic rings. The zero-order chi connectivity index (χ0) is 17.4. The number of fused-ring (bicyclic) bond motifs is 1. The van der Waals surface area contributed by atoms with E-state index < -0.39 is 5.97 Å². The van der Waals surface area contributed by atoms with Crippen LogP contribution < -0.4 is 5.56 Å². The van der Waals surface area contributed by atoms with E-state index in [1.165, 1.54) is 17.4 Å². The number of rotatable bonds is 4. The Labute approximate surface area is 150 Å². The second kappa shape index (κ2) is 6.27. The number of carboxylic acids is 1. The first-order valence-corrected chi connectivity index (χ1v) is 9.24. The largest absolute Gasteiger partial charge is 0.478 e. The fraction of sp³-hybridized carbons (Fsp3) is 0.0556. The summed E-state index contributed by atoms with van der Waals surface area (Å²) in [6.07, 6.45) is 0.374. The topological polar surface area (TPSA) is 83.0 Å². The third-order valence-electron chi connectivity index (χ3n) is 3.83. The summed E-state index contributed by atoms with van der Waals surface area (Å²) in [5.41, 5.74) is 1.75. The van der Waals surface area contributed by atoms with E-state index in [0.717, 1.165) is 16.0 Å². The van der Waals surface area contributed by atoms with Crippen LogP contribution in [-0.2, 0) is 6.42 Å². The van der Waals surface area contributed by atoms with E-state index in [0.29, 0.717) is 22.5 Å². The highest BCUT2D eigenvalue weighted by Gasteiger charge is 2.14. The molecule has 0 fully saturated rings. The Balaban J connectivity index is 1.74. The molecule has 1 aromatic carbocycles. The maximum Gasteiger partial charge on any atom is 0.335 e. The van der Waals surface area contributed by atoms with Gasteiger partial charge in [-0.3, -0.25) is 4.79 Å². The fourth-order valence-corrected chi connectivity index (χ4v) is 4.48. The molecule has 0 spiro atoms. The van der Waals surface area contributed by atoms with Crippen molar-refractivity contribution < 1.29 is 9.90 Å². The number of aromatic carboxylic acids is 1. The van der Waals surface area contributed by atoms with Crippen molar-refractivity contribution in [3.05, 3.63) is 74.5 Å². The van der Waals surface area contributed by atoms with Crippen LogP contribution in [0, 0.1) is 0 Å². The molecule has 0 atom stereocenters. The third kappa shape index (κ3) is 2.99. The minimum atomic E-state index is -0.974. The molecule has 0 amide bonds. The Kier molecular flexibility index (Phi) is 3.95. The van der Waals surface area contributed by atoms with E-state index >= 15 is 0 Å². The average Bonchev–Trinajstić information content (AvgIpc) is 3.24. The fourth-order valence-electron chi connectivity index (χ4n) is 2.70. The number of nitrogens with one attached hydrogen (secondary N) is 1. The number of nitrogens with zero attached hydrogens (tertiary/aromatic N) is 1. The molecular formula is C18H12N2O3S2. The number of aromatic amines is 1. The zero-order valence-electron chi connectivity index (χ0n) is 12.9. The van der Waals surface area contributed by atoms with Crippen molar-refractivity contribution in [2.75, 3.05) is 0 Å². The molecule has 0 saturated heterocycles. The summed E-state index contributed by atoms with van der Waals surface area (Å²) in [4.78, 5) is 32.8. The van der Waals surface area contributed by atoms with Crippen LogP contribution in [0.2, 0.25) is 0 Å². The molecule has 3 aromatic heterocycles. The van der Waals surface area contributed by atoms with E-state index in [2.05, 4.69) is 9.97 Å². The van der Waals surface area contributed by atoms with Gasteiger partial charge in [0.25, 0.3) is 5.56 Å². The Hall–Kier alpha value is -2.77. The molecule has 0 saturated carbocycles. The molecule has 4 aromatic rings. The van der Waals surface area contributed by atoms with Crippen molar-refractivity contribution in [1.82, 2.24) is 9.97 Å². The quantitative estimate of drug-likeness (QED) is 0.570. The van der Waals surface area contributed by atoms with Gasteiger partial charge in [-0.15, -0.1) is 22.7 Å². The molecule has 0 aliphatic carbocycles. The molecule has 7 heteroatoms. The molecular weight excluding hydrogens is 356 g/mol. The van der Waals surface area contributed by atoms with Crippen molar-refractivity contribution in [1.29, 1.82) is 0 Å². The van der Waals surface area contributed by atoms with Gasteiger partial charge in [-0.1, -0.05) is 18.2 Å². The SMILES string of the molecule is O=C(O)c1cccc(Cc2nc3scc(-c4cccs4)c3c(=O)[nH]2)c1. The molecule has 4 rings (SSSR count). The average molecular weight is 368 g/mol. The minimum absolute atomic E-state index is 0.168. The lowest BCUT2D eigenvalue weighted by molar-refractivity contribution is 0.0696. The number of thiophene rings is 2. The van der Waals surface area contributed by atoms with E-state index in [1.54, 1.807) is 23.5 Å². The van der Waals surface area contributed by atoms with Gasteiger partial charge in [0.05, 0.1) is 10.9 Å². The number of carbonyl (C=O) groups is 1. The van der Waals surface area contributed by atoms with Crippen molar-refractivity contribution in [2.24, 2.45) is 0 Å². The number of benzene rings is 1. The smallest absolute Gasteiger partial charge is 0.335 e. The van der Waals surface area contributed by atoms with Crippen LogP contribution in [0.15, 0.2) is 52.0 Å². The lowest BCUT2D eigenvalue weighted by Crippen LogP contribution is -2.11. The molecule has 5 nitrogen and oxygen atoms in total. The molecule has 0 bridgehead atoms. The van der Waals surface area contributed by atoms with E-state index in [-0.39, 0.29) is 11.1 Å². The highest BCUT2D eigenvalue weighted by molar-refractivity contribution is 7.18. The van der Waals surface area contributed by atoms with Gasteiger partial charge in [0, 0.05) is 22.2 Å². The van der Waals surface area contributed by atoms with Crippen molar-refractivity contribution in [2.45, 2.75) is 6.42 Å². The number of carboxylic acid groups (broad SMARTS) is 1. The molecule has 124 valence electrons. The summed E-state index contributed by atoms with van der Waals surface area (Å²) >= 11 is 3.03. The van der Waals surface area contributed by atoms with Gasteiger partial charge in [0.15, 0.2) is 0 Å². The second-order valence-corrected chi connectivity index (χ2v) is 7.31. The van der Waals surface area contributed by atoms with Crippen LogP contribution in [0.25, 0.3) is 20.7 Å². The summed E-state index contributed by atoms with van der Waals surface area (Å²) in [5.74, 6) is -0.447. The Morgan fingerprint density at radius 1 is 1.20 bits per heavy atom. The number of aromatic nitrogens is 2. The number of hydrogen-bond donors (Lipinski definition) is 2. The normalized spacial score (nSPS) is 11.0. The van der Waals surface area contributed by atoms with E-state index in [9.17, 15) is 9.59 Å². The molecule has 0 unspecified atom stereocenters. The summed E-state index contributed by atoms with van der Waals surface area (Å²) in [6.45, 7) is 0. The lowest BCUT2D eigenvalue weighted by Gasteiger charge is -2.03. The van der Waals surface area contributed by atoms with Crippen molar-refractivity contribution in [3.8, 4) is 10.4 Å². The van der Waals surface area contributed by atoms with Gasteiger partial charge in [-0.25, -0.2) is 9.78 Å². The molecule has 2 N–H and O–H groups in total. The summed E-state index contributed by atoms with van der Waals surface area (Å²) in [5, 5.41) is 13.6. The van der Waals surface area contributed by atoms with Crippen LogP contribution in [-0.4, -0.2) is 21.0 Å². The Morgan fingerprint density at radius 2 is 2.08 bits per heavy atom. The van der Waals surface area contributed by atoms with Crippen LogP contribution in [0.1, 0.15) is 21.7 Å². The predicted octanol–water partition coefficient (Wildman–Crippen LogP) is 4.00. The summed E-state index contributed by atoms with van der Waals surface area (Å²) in [7, 11) is 0. The molecule has 0 radical (unpaired) electrons. The van der Waals surface area contributed by atoms with Gasteiger partial charge in [0.2, 0.25) is 0 Å².